The number of hydrogen-bond donors (Lipinski definition) is 2. The Morgan fingerprint density at radius 2 is 2.16 bits per heavy atom. The van der Waals surface area contributed by atoms with Crippen molar-refractivity contribution in [2.45, 2.75) is 20.3 Å². The van der Waals surface area contributed by atoms with Gasteiger partial charge in [0.2, 0.25) is 5.91 Å². The van der Waals surface area contributed by atoms with Crippen molar-refractivity contribution in [3.05, 3.63) is 32.5 Å². The maximum atomic E-state index is 12.1. The Morgan fingerprint density at radius 1 is 1.42 bits per heavy atom. The number of carbonyl (C=O) groups excluding carboxylic acids is 2. The number of aryl methyl sites for hydroxylation is 2. The predicted octanol–water partition coefficient (Wildman–Crippen LogP) is 2.10. The highest BCUT2D eigenvalue weighted by atomic mass is 32.1. The molecule has 0 bridgehead atoms. The maximum absolute atomic E-state index is 12.1. The molecule has 19 heavy (non-hydrogen) atoms. The molecule has 0 unspecified atom stereocenters. The summed E-state index contributed by atoms with van der Waals surface area (Å²) < 4.78 is 0. The second-order valence-corrected chi connectivity index (χ2v) is 6.39. The SMILES string of the molecule is Cc1cc(C(=O)Nc2nc(CC(N)=O)cs2)c(C)s1. The highest BCUT2D eigenvalue weighted by Crippen LogP contribution is 2.23. The summed E-state index contributed by atoms with van der Waals surface area (Å²) in [6.45, 7) is 3.87. The Labute approximate surface area is 118 Å². The van der Waals surface area contributed by atoms with Gasteiger partial charge in [-0.2, -0.15) is 0 Å². The number of amides is 2. The minimum Gasteiger partial charge on any atom is -0.369 e. The first-order chi connectivity index (χ1) is 8.95. The molecule has 100 valence electrons. The molecule has 0 saturated heterocycles. The Balaban J connectivity index is 2.09. The number of thiophene rings is 1. The molecule has 0 fully saturated rings. The molecule has 7 heteroatoms. The van der Waals surface area contributed by atoms with Crippen LogP contribution in [0.25, 0.3) is 0 Å². The smallest absolute Gasteiger partial charge is 0.258 e. The molecule has 0 saturated carbocycles. The first-order valence-electron chi connectivity index (χ1n) is 5.57. The van der Waals surface area contributed by atoms with Gasteiger partial charge in [-0.1, -0.05) is 0 Å². The summed E-state index contributed by atoms with van der Waals surface area (Å²) in [7, 11) is 0. The van der Waals surface area contributed by atoms with Gasteiger partial charge in [0.1, 0.15) is 0 Å². The Hall–Kier alpha value is -1.73. The molecule has 0 aliphatic carbocycles. The van der Waals surface area contributed by atoms with Gasteiger partial charge in [-0.05, 0) is 19.9 Å². The number of anilines is 1. The summed E-state index contributed by atoms with van der Waals surface area (Å²) in [5, 5.41) is 4.92. The number of thiazole rings is 1. The minimum atomic E-state index is -0.438. The zero-order valence-corrected chi connectivity index (χ0v) is 12.2. The van der Waals surface area contributed by atoms with Crippen LogP contribution in [0, 0.1) is 13.8 Å². The molecule has 2 heterocycles. The quantitative estimate of drug-likeness (QED) is 0.905. The third-order valence-corrected chi connectivity index (χ3v) is 4.19. The normalized spacial score (nSPS) is 10.4. The first kappa shape index (κ1) is 13.7. The zero-order valence-electron chi connectivity index (χ0n) is 10.5. The molecule has 0 spiro atoms. The molecule has 2 rings (SSSR count). The van der Waals surface area contributed by atoms with Crippen molar-refractivity contribution in [3.63, 3.8) is 0 Å². The number of primary amides is 1. The van der Waals surface area contributed by atoms with E-state index >= 15 is 0 Å². The lowest BCUT2D eigenvalue weighted by Gasteiger charge is -2.00. The third-order valence-electron chi connectivity index (χ3n) is 2.41. The topological polar surface area (TPSA) is 85.1 Å². The average Bonchev–Trinajstić information content (AvgIpc) is 2.84. The molecule has 0 atom stereocenters. The van der Waals surface area contributed by atoms with Crippen molar-refractivity contribution in [1.82, 2.24) is 4.98 Å². The van der Waals surface area contributed by atoms with E-state index in [1.807, 2.05) is 19.9 Å². The molecular weight excluding hydrogens is 282 g/mol. The van der Waals surface area contributed by atoms with Crippen LogP contribution in [-0.4, -0.2) is 16.8 Å². The van der Waals surface area contributed by atoms with Crippen LogP contribution in [0.1, 0.15) is 25.8 Å². The van der Waals surface area contributed by atoms with E-state index in [2.05, 4.69) is 10.3 Å². The summed E-state index contributed by atoms with van der Waals surface area (Å²) in [5.41, 5.74) is 6.32. The molecule has 5 nitrogen and oxygen atoms in total. The van der Waals surface area contributed by atoms with Gasteiger partial charge < -0.3 is 5.73 Å². The first-order valence-corrected chi connectivity index (χ1v) is 7.26. The lowest BCUT2D eigenvalue weighted by Crippen LogP contribution is -2.14. The number of aromatic nitrogens is 1. The molecule has 2 amide bonds. The van der Waals surface area contributed by atoms with Crippen LogP contribution in [-0.2, 0) is 11.2 Å². The fourth-order valence-electron chi connectivity index (χ4n) is 1.64. The van der Waals surface area contributed by atoms with E-state index in [0.29, 0.717) is 16.4 Å². The lowest BCUT2D eigenvalue weighted by molar-refractivity contribution is -0.117. The van der Waals surface area contributed by atoms with Gasteiger partial charge in [0.25, 0.3) is 5.91 Å². The number of nitrogens with zero attached hydrogens (tertiary/aromatic N) is 1. The minimum absolute atomic E-state index is 0.0863. The van der Waals surface area contributed by atoms with Gasteiger partial charge in [0, 0.05) is 15.1 Å². The van der Waals surface area contributed by atoms with Crippen molar-refractivity contribution < 1.29 is 9.59 Å². The van der Waals surface area contributed by atoms with E-state index in [0.717, 1.165) is 9.75 Å². The Bertz CT molecular complexity index is 631. The lowest BCUT2D eigenvalue weighted by atomic mass is 10.2. The van der Waals surface area contributed by atoms with Gasteiger partial charge >= 0.3 is 0 Å². The predicted molar refractivity (Wildman–Crippen MR) is 76.8 cm³/mol. The number of nitrogens with one attached hydrogen (secondary N) is 1. The fraction of sp³-hybridized carbons (Fsp3) is 0.250. The summed E-state index contributed by atoms with van der Waals surface area (Å²) in [5.74, 6) is -0.616. The van der Waals surface area contributed by atoms with Crippen molar-refractivity contribution in [1.29, 1.82) is 0 Å². The summed E-state index contributed by atoms with van der Waals surface area (Å²) >= 11 is 2.86. The molecular formula is C12H13N3O2S2. The Kier molecular flexibility index (Phi) is 3.96. The van der Waals surface area contributed by atoms with E-state index in [1.165, 1.54) is 11.3 Å². The number of rotatable bonds is 4. The summed E-state index contributed by atoms with van der Waals surface area (Å²) in [6, 6.07) is 1.85. The van der Waals surface area contributed by atoms with Crippen molar-refractivity contribution in [3.8, 4) is 0 Å². The highest BCUT2D eigenvalue weighted by Gasteiger charge is 2.14. The van der Waals surface area contributed by atoms with Gasteiger partial charge in [0.05, 0.1) is 17.7 Å². The standard InChI is InChI=1S/C12H13N3O2S2/c1-6-3-9(7(2)19-6)11(17)15-12-14-8(5-18-12)4-10(13)16/h3,5H,4H2,1-2H3,(H2,13,16)(H,14,15,17). The van der Waals surface area contributed by atoms with E-state index in [4.69, 9.17) is 5.73 Å². The van der Waals surface area contributed by atoms with Gasteiger partial charge in [-0.15, -0.1) is 22.7 Å². The largest absolute Gasteiger partial charge is 0.369 e. The number of hydrogen-bond acceptors (Lipinski definition) is 5. The van der Waals surface area contributed by atoms with Crippen LogP contribution >= 0.6 is 22.7 Å². The highest BCUT2D eigenvalue weighted by molar-refractivity contribution is 7.14. The van der Waals surface area contributed by atoms with Crippen molar-refractivity contribution in [2.75, 3.05) is 5.32 Å². The average molecular weight is 295 g/mol. The second kappa shape index (κ2) is 5.50. The van der Waals surface area contributed by atoms with E-state index < -0.39 is 5.91 Å². The van der Waals surface area contributed by atoms with Gasteiger partial charge in [0.15, 0.2) is 5.13 Å². The molecule has 0 aromatic carbocycles. The maximum Gasteiger partial charge on any atom is 0.258 e. The monoisotopic (exact) mass is 295 g/mol. The van der Waals surface area contributed by atoms with Crippen LogP contribution in [0.5, 0.6) is 0 Å². The summed E-state index contributed by atoms with van der Waals surface area (Å²) in [6.07, 6.45) is 0.0863. The molecule has 3 N–H and O–H groups in total. The zero-order chi connectivity index (χ0) is 14.0. The number of nitrogens with two attached hydrogens (primary N) is 1. The van der Waals surface area contributed by atoms with Crippen molar-refractivity contribution >= 4 is 39.6 Å². The number of carbonyl (C=O) groups is 2. The molecule has 0 aliphatic rings. The molecule has 0 radical (unpaired) electrons. The van der Waals surface area contributed by atoms with Crippen LogP contribution in [0.4, 0.5) is 5.13 Å². The van der Waals surface area contributed by atoms with Crippen LogP contribution < -0.4 is 11.1 Å². The third kappa shape index (κ3) is 3.39. The Morgan fingerprint density at radius 3 is 2.74 bits per heavy atom. The molecule has 2 aromatic heterocycles. The fourth-order valence-corrected chi connectivity index (χ4v) is 3.27. The van der Waals surface area contributed by atoms with Crippen LogP contribution in [0.2, 0.25) is 0 Å². The summed E-state index contributed by atoms with van der Waals surface area (Å²) in [4.78, 5) is 29.0. The van der Waals surface area contributed by atoms with E-state index in [-0.39, 0.29) is 12.3 Å². The molecule has 0 aliphatic heterocycles. The van der Waals surface area contributed by atoms with Gasteiger partial charge in [-0.3, -0.25) is 14.9 Å². The van der Waals surface area contributed by atoms with Crippen LogP contribution in [0.15, 0.2) is 11.4 Å². The van der Waals surface area contributed by atoms with Gasteiger partial charge in [-0.25, -0.2) is 4.98 Å². The van der Waals surface area contributed by atoms with E-state index in [1.54, 1.807) is 16.7 Å². The van der Waals surface area contributed by atoms with Crippen molar-refractivity contribution in [2.24, 2.45) is 5.73 Å². The molecule has 2 aromatic rings. The second-order valence-electron chi connectivity index (χ2n) is 4.07. The van der Waals surface area contributed by atoms with E-state index in [9.17, 15) is 9.59 Å². The van der Waals surface area contributed by atoms with Crippen LogP contribution in [0.3, 0.4) is 0 Å².